The Hall–Kier alpha value is -3.20. The Balaban J connectivity index is 1.83. The summed E-state index contributed by atoms with van der Waals surface area (Å²) in [5.74, 6) is -1.42. The second kappa shape index (κ2) is 10.4. The summed E-state index contributed by atoms with van der Waals surface area (Å²) in [6.45, 7) is 3.44. The van der Waals surface area contributed by atoms with Crippen LogP contribution in [0, 0.1) is 0 Å². The Bertz CT molecular complexity index is 804. The Morgan fingerprint density at radius 2 is 1.86 bits per heavy atom. The van der Waals surface area contributed by atoms with E-state index >= 15 is 0 Å². The third-order valence-electron chi connectivity index (χ3n) is 4.37. The molecular formula is C20H26N4O5. The highest BCUT2D eigenvalue weighted by Gasteiger charge is 2.29. The van der Waals surface area contributed by atoms with E-state index in [-0.39, 0.29) is 30.7 Å². The molecule has 1 unspecified atom stereocenters. The molecule has 0 aliphatic carbocycles. The molecule has 156 valence electrons. The molecule has 0 bridgehead atoms. The van der Waals surface area contributed by atoms with Crippen molar-refractivity contribution in [1.82, 2.24) is 15.5 Å². The van der Waals surface area contributed by atoms with Gasteiger partial charge in [0.2, 0.25) is 11.8 Å². The first-order chi connectivity index (χ1) is 13.8. The number of carbonyl (C=O) groups excluding carboxylic acids is 4. The summed E-state index contributed by atoms with van der Waals surface area (Å²) in [4.78, 5) is 49.0. The average molecular weight is 402 g/mol. The number of amides is 3. The van der Waals surface area contributed by atoms with Crippen LogP contribution in [0.3, 0.4) is 0 Å². The van der Waals surface area contributed by atoms with Crippen molar-refractivity contribution in [3.05, 3.63) is 41.6 Å². The van der Waals surface area contributed by atoms with Gasteiger partial charge in [0.1, 0.15) is 12.3 Å². The fourth-order valence-electron chi connectivity index (χ4n) is 2.69. The summed E-state index contributed by atoms with van der Waals surface area (Å²) in [7, 11) is 1.68. The lowest BCUT2D eigenvalue weighted by Crippen LogP contribution is -2.45. The monoisotopic (exact) mass is 402 g/mol. The second-order valence-corrected chi connectivity index (χ2v) is 6.59. The van der Waals surface area contributed by atoms with Gasteiger partial charge in [-0.3, -0.25) is 19.2 Å². The summed E-state index contributed by atoms with van der Waals surface area (Å²) < 4.78 is 4.90. The molecule has 1 heterocycles. The lowest BCUT2D eigenvalue weighted by Gasteiger charge is -2.23. The first-order valence-electron chi connectivity index (χ1n) is 9.31. The minimum absolute atomic E-state index is 0.163. The van der Waals surface area contributed by atoms with Gasteiger partial charge >= 0.3 is 5.97 Å². The number of nitrogens with one attached hydrogen (secondary N) is 3. The normalized spacial score (nSPS) is 14.0. The topological polar surface area (TPSA) is 117 Å². The molecular weight excluding hydrogens is 376 g/mol. The van der Waals surface area contributed by atoms with E-state index in [0.717, 1.165) is 5.56 Å². The fourth-order valence-corrected chi connectivity index (χ4v) is 2.69. The molecule has 0 spiro atoms. The van der Waals surface area contributed by atoms with E-state index in [1.807, 2.05) is 0 Å². The highest BCUT2D eigenvalue weighted by molar-refractivity contribution is 6.01. The molecule has 0 saturated heterocycles. The summed E-state index contributed by atoms with van der Waals surface area (Å²) in [5, 5.41) is 8.07. The third-order valence-corrected chi connectivity index (χ3v) is 4.37. The zero-order valence-corrected chi connectivity index (χ0v) is 16.8. The molecule has 2 rings (SSSR count). The third kappa shape index (κ3) is 6.42. The van der Waals surface area contributed by atoms with Crippen LogP contribution in [-0.2, 0) is 30.5 Å². The van der Waals surface area contributed by atoms with Crippen LogP contribution in [0.4, 0.5) is 5.69 Å². The van der Waals surface area contributed by atoms with Crippen molar-refractivity contribution >= 4 is 29.4 Å². The molecule has 1 atom stereocenters. The maximum absolute atomic E-state index is 12.4. The maximum Gasteiger partial charge on any atom is 0.302 e. The van der Waals surface area contributed by atoms with E-state index in [2.05, 4.69) is 16.0 Å². The number of benzene rings is 1. The van der Waals surface area contributed by atoms with Gasteiger partial charge in [-0.2, -0.15) is 0 Å². The molecule has 3 amide bonds. The molecule has 1 aliphatic rings. The number of anilines is 1. The molecule has 1 aromatic carbocycles. The van der Waals surface area contributed by atoms with Gasteiger partial charge in [-0.25, -0.2) is 0 Å². The van der Waals surface area contributed by atoms with Crippen LogP contribution >= 0.6 is 0 Å². The highest BCUT2D eigenvalue weighted by atomic mass is 16.5. The summed E-state index contributed by atoms with van der Waals surface area (Å²) in [5.41, 5.74) is 1.61. The Morgan fingerprint density at radius 1 is 1.17 bits per heavy atom. The first kappa shape index (κ1) is 22.1. The largest absolute Gasteiger partial charge is 0.461 e. The smallest absolute Gasteiger partial charge is 0.302 e. The van der Waals surface area contributed by atoms with Crippen LogP contribution in [0.15, 0.2) is 36.0 Å². The van der Waals surface area contributed by atoms with Crippen molar-refractivity contribution in [2.24, 2.45) is 0 Å². The van der Waals surface area contributed by atoms with E-state index in [4.69, 9.17) is 4.74 Å². The number of hydrogen-bond acceptors (Lipinski definition) is 6. The van der Waals surface area contributed by atoms with Gasteiger partial charge in [-0.1, -0.05) is 18.2 Å². The summed E-state index contributed by atoms with van der Waals surface area (Å²) in [6.07, 6.45) is 2.28. The number of carbonyl (C=O) groups is 4. The fraction of sp³-hybridized carbons (Fsp3) is 0.400. The van der Waals surface area contributed by atoms with Gasteiger partial charge in [-0.05, 0) is 38.1 Å². The Kier molecular flexibility index (Phi) is 7.90. The summed E-state index contributed by atoms with van der Waals surface area (Å²) >= 11 is 0. The van der Waals surface area contributed by atoms with Crippen molar-refractivity contribution < 1.29 is 23.9 Å². The highest BCUT2D eigenvalue weighted by Crippen LogP contribution is 2.16. The van der Waals surface area contributed by atoms with Crippen molar-refractivity contribution in [3.8, 4) is 0 Å². The van der Waals surface area contributed by atoms with Crippen LogP contribution in [0.5, 0.6) is 0 Å². The van der Waals surface area contributed by atoms with Gasteiger partial charge in [0.15, 0.2) is 0 Å². The molecule has 0 fully saturated rings. The van der Waals surface area contributed by atoms with Gasteiger partial charge in [0.05, 0.1) is 12.6 Å². The van der Waals surface area contributed by atoms with Crippen LogP contribution in [0.2, 0.25) is 0 Å². The number of hydrogen-bond donors (Lipinski definition) is 3. The van der Waals surface area contributed by atoms with Crippen LogP contribution in [0.1, 0.15) is 25.8 Å². The minimum Gasteiger partial charge on any atom is -0.461 e. The molecule has 0 radical (unpaired) electrons. The second-order valence-electron chi connectivity index (χ2n) is 6.59. The number of ether oxygens (including phenoxy) is 1. The summed E-state index contributed by atoms with van der Waals surface area (Å²) in [6, 6.07) is 6.41. The van der Waals surface area contributed by atoms with Crippen molar-refractivity contribution in [2.45, 2.75) is 32.9 Å². The van der Waals surface area contributed by atoms with E-state index in [9.17, 15) is 19.2 Å². The SMILES string of the molecule is CNC(C)C(=O)N1CCC=C1C(=O)NCC(=O)Nc1ccc(COC(C)=O)cc1. The molecule has 9 heteroatoms. The van der Waals surface area contributed by atoms with Crippen molar-refractivity contribution in [1.29, 1.82) is 0 Å². The lowest BCUT2D eigenvalue weighted by atomic mass is 10.2. The standard InChI is InChI=1S/C20H26N4O5/c1-13(21-3)20(28)24-10-4-5-17(24)19(27)22-11-18(26)23-16-8-6-15(7-9-16)12-29-14(2)25/h5-9,13,21H,4,10-12H2,1-3H3,(H,22,27)(H,23,26). The Morgan fingerprint density at radius 3 is 2.48 bits per heavy atom. The van der Waals surface area contributed by atoms with Gasteiger partial charge in [-0.15, -0.1) is 0 Å². The van der Waals surface area contributed by atoms with Crippen LogP contribution in [0.25, 0.3) is 0 Å². The quantitative estimate of drug-likeness (QED) is 0.546. The molecule has 0 saturated carbocycles. The molecule has 29 heavy (non-hydrogen) atoms. The van der Waals surface area contributed by atoms with Crippen molar-refractivity contribution in [3.63, 3.8) is 0 Å². The molecule has 1 aliphatic heterocycles. The van der Waals surface area contributed by atoms with Gasteiger partial charge < -0.3 is 25.6 Å². The molecule has 9 nitrogen and oxygen atoms in total. The van der Waals surface area contributed by atoms with E-state index in [1.165, 1.54) is 11.8 Å². The number of likely N-dealkylation sites (N-methyl/N-ethyl adjacent to an activating group) is 1. The van der Waals surface area contributed by atoms with Gasteiger partial charge in [0.25, 0.3) is 5.91 Å². The first-order valence-corrected chi connectivity index (χ1v) is 9.31. The minimum atomic E-state index is -0.467. The zero-order chi connectivity index (χ0) is 21.4. The average Bonchev–Trinajstić information content (AvgIpc) is 3.20. The van der Waals surface area contributed by atoms with E-state index in [1.54, 1.807) is 44.3 Å². The van der Waals surface area contributed by atoms with E-state index < -0.39 is 17.9 Å². The lowest BCUT2D eigenvalue weighted by molar-refractivity contribution is -0.142. The molecule has 3 N–H and O–H groups in total. The Labute approximate surface area is 169 Å². The number of rotatable bonds is 8. The number of nitrogens with zero attached hydrogens (tertiary/aromatic N) is 1. The van der Waals surface area contributed by atoms with Crippen molar-refractivity contribution in [2.75, 3.05) is 25.5 Å². The maximum atomic E-state index is 12.4. The molecule has 0 aromatic heterocycles. The molecule has 1 aromatic rings. The zero-order valence-electron chi connectivity index (χ0n) is 16.8. The van der Waals surface area contributed by atoms with Gasteiger partial charge in [0, 0.05) is 19.2 Å². The predicted molar refractivity (Wildman–Crippen MR) is 106 cm³/mol. The predicted octanol–water partition coefficient (Wildman–Crippen LogP) is 0.529. The van der Waals surface area contributed by atoms with E-state index in [0.29, 0.717) is 18.7 Å². The number of esters is 1. The van der Waals surface area contributed by atoms with Crippen LogP contribution in [-0.4, -0.2) is 54.8 Å². The van der Waals surface area contributed by atoms with Crippen LogP contribution < -0.4 is 16.0 Å².